The van der Waals surface area contributed by atoms with Crippen molar-refractivity contribution < 1.29 is 9.53 Å². The SMILES string of the molecule is COc1ccc(NC(=O)C2(c3ccc(Cl)cc3Cl)CCCCC2)c2cccnc12. The highest BCUT2D eigenvalue weighted by atomic mass is 35.5. The number of anilines is 1. The molecule has 6 heteroatoms. The first-order chi connectivity index (χ1) is 14.0. The number of amides is 1. The first-order valence-electron chi connectivity index (χ1n) is 9.74. The average molecular weight is 429 g/mol. The first kappa shape index (κ1) is 20.0. The maximum absolute atomic E-state index is 13.7. The highest BCUT2D eigenvalue weighted by Gasteiger charge is 2.42. The predicted molar refractivity (Wildman–Crippen MR) is 118 cm³/mol. The number of fused-ring (bicyclic) bond motifs is 1. The molecule has 1 aliphatic rings. The molecule has 29 heavy (non-hydrogen) atoms. The highest BCUT2D eigenvalue weighted by Crippen LogP contribution is 2.44. The number of benzene rings is 2. The van der Waals surface area contributed by atoms with Crippen LogP contribution in [0, 0.1) is 0 Å². The Kier molecular flexibility index (Phi) is 5.66. The van der Waals surface area contributed by atoms with Crippen LogP contribution in [0.3, 0.4) is 0 Å². The number of carbonyl (C=O) groups excluding carboxylic acids is 1. The van der Waals surface area contributed by atoms with Crippen LogP contribution in [0.4, 0.5) is 5.69 Å². The molecule has 3 aromatic rings. The number of carbonyl (C=O) groups is 1. The van der Waals surface area contributed by atoms with Gasteiger partial charge < -0.3 is 10.1 Å². The van der Waals surface area contributed by atoms with E-state index in [1.165, 1.54) is 0 Å². The Balaban J connectivity index is 1.76. The second-order valence-corrected chi connectivity index (χ2v) is 8.28. The van der Waals surface area contributed by atoms with Crippen LogP contribution < -0.4 is 10.1 Å². The van der Waals surface area contributed by atoms with E-state index in [0.29, 0.717) is 21.5 Å². The fourth-order valence-corrected chi connectivity index (χ4v) is 4.90. The van der Waals surface area contributed by atoms with E-state index >= 15 is 0 Å². The summed E-state index contributed by atoms with van der Waals surface area (Å²) in [5, 5.41) is 5.11. The Bertz CT molecular complexity index is 1060. The maximum atomic E-state index is 13.7. The lowest BCUT2D eigenvalue weighted by Gasteiger charge is -2.37. The molecule has 1 N–H and O–H groups in total. The van der Waals surface area contributed by atoms with Crippen molar-refractivity contribution in [2.75, 3.05) is 12.4 Å². The molecule has 0 aliphatic heterocycles. The van der Waals surface area contributed by atoms with Crippen molar-refractivity contribution in [2.45, 2.75) is 37.5 Å². The summed E-state index contributed by atoms with van der Waals surface area (Å²) in [7, 11) is 1.61. The van der Waals surface area contributed by atoms with Gasteiger partial charge in [-0.05, 0) is 54.8 Å². The lowest BCUT2D eigenvalue weighted by molar-refractivity contribution is -0.122. The van der Waals surface area contributed by atoms with Gasteiger partial charge in [0, 0.05) is 21.6 Å². The van der Waals surface area contributed by atoms with Crippen molar-refractivity contribution in [1.82, 2.24) is 4.98 Å². The number of rotatable bonds is 4. The molecule has 0 saturated heterocycles. The molecule has 4 nitrogen and oxygen atoms in total. The molecule has 2 aromatic carbocycles. The normalized spacial score (nSPS) is 15.8. The first-order valence-corrected chi connectivity index (χ1v) is 10.5. The quantitative estimate of drug-likeness (QED) is 0.523. The molecule has 1 amide bonds. The number of nitrogens with one attached hydrogen (secondary N) is 1. The summed E-state index contributed by atoms with van der Waals surface area (Å²) in [5.41, 5.74) is 1.61. The van der Waals surface area contributed by atoms with Crippen LogP contribution in [0.15, 0.2) is 48.7 Å². The molecular formula is C23H22Cl2N2O2. The largest absolute Gasteiger partial charge is 0.494 e. The van der Waals surface area contributed by atoms with Crippen LogP contribution in [-0.2, 0) is 10.2 Å². The van der Waals surface area contributed by atoms with Crippen LogP contribution in [0.25, 0.3) is 10.9 Å². The summed E-state index contributed by atoms with van der Waals surface area (Å²) < 4.78 is 5.41. The van der Waals surface area contributed by atoms with E-state index in [0.717, 1.165) is 48.6 Å². The van der Waals surface area contributed by atoms with Crippen LogP contribution >= 0.6 is 23.2 Å². The van der Waals surface area contributed by atoms with Crippen molar-refractivity contribution in [1.29, 1.82) is 0 Å². The Morgan fingerprint density at radius 1 is 1.10 bits per heavy atom. The van der Waals surface area contributed by atoms with Crippen LogP contribution in [-0.4, -0.2) is 18.0 Å². The van der Waals surface area contributed by atoms with Gasteiger partial charge in [0.1, 0.15) is 11.3 Å². The number of aromatic nitrogens is 1. The molecule has 0 unspecified atom stereocenters. The van der Waals surface area contributed by atoms with Gasteiger partial charge in [0.15, 0.2) is 0 Å². The summed E-state index contributed by atoms with van der Waals surface area (Å²) in [6.45, 7) is 0. The topological polar surface area (TPSA) is 51.2 Å². The van der Waals surface area contributed by atoms with E-state index in [-0.39, 0.29) is 5.91 Å². The molecule has 1 saturated carbocycles. The van der Waals surface area contributed by atoms with E-state index < -0.39 is 5.41 Å². The van der Waals surface area contributed by atoms with E-state index in [4.69, 9.17) is 27.9 Å². The minimum Gasteiger partial charge on any atom is -0.494 e. The molecule has 0 bridgehead atoms. The zero-order valence-electron chi connectivity index (χ0n) is 16.2. The summed E-state index contributed by atoms with van der Waals surface area (Å²) in [4.78, 5) is 18.1. The van der Waals surface area contributed by atoms with Crippen LogP contribution in [0.1, 0.15) is 37.7 Å². The fourth-order valence-electron chi connectivity index (χ4n) is 4.31. The average Bonchev–Trinajstić information content (AvgIpc) is 2.74. The van der Waals surface area contributed by atoms with Gasteiger partial charge in [-0.1, -0.05) is 48.5 Å². The number of ether oxygens (including phenoxy) is 1. The van der Waals surface area contributed by atoms with Crippen LogP contribution in [0.2, 0.25) is 10.0 Å². The second kappa shape index (κ2) is 8.21. The van der Waals surface area contributed by atoms with Crippen LogP contribution in [0.5, 0.6) is 5.75 Å². The standard InChI is InChI=1S/C23H22Cl2N2O2/c1-29-20-10-9-19(16-6-5-13-26-21(16)20)27-22(28)23(11-3-2-4-12-23)17-8-7-15(24)14-18(17)25/h5-10,13-14H,2-4,11-12H2,1H3,(H,27,28). The number of hydrogen-bond acceptors (Lipinski definition) is 3. The molecule has 0 spiro atoms. The third kappa shape index (κ3) is 3.67. The molecule has 1 heterocycles. The van der Waals surface area contributed by atoms with E-state index in [2.05, 4.69) is 10.3 Å². The highest BCUT2D eigenvalue weighted by molar-refractivity contribution is 6.35. The molecule has 4 rings (SSSR count). The third-order valence-electron chi connectivity index (χ3n) is 5.79. The minimum absolute atomic E-state index is 0.0447. The van der Waals surface area contributed by atoms with Gasteiger partial charge in [0.25, 0.3) is 0 Å². The van der Waals surface area contributed by atoms with Crippen molar-refractivity contribution in [2.24, 2.45) is 0 Å². The van der Waals surface area contributed by atoms with E-state index in [9.17, 15) is 4.79 Å². The zero-order valence-corrected chi connectivity index (χ0v) is 17.7. The number of halogens is 2. The monoisotopic (exact) mass is 428 g/mol. The maximum Gasteiger partial charge on any atom is 0.235 e. The summed E-state index contributed by atoms with van der Waals surface area (Å²) >= 11 is 12.6. The molecule has 150 valence electrons. The Hall–Kier alpha value is -2.30. The third-order valence-corrected chi connectivity index (χ3v) is 6.34. The Morgan fingerprint density at radius 2 is 1.90 bits per heavy atom. The molecule has 1 aliphatic carbocycles. The van der Waals surface area contributed by atoms with Gasteiger partial charge in [-0.15, -0.1) is 0 Å². The molecular weight excluding hydrogens is 407 g/mol. The van der Waals surface area contributed by atoms with Gasteiger partial charge in [-0.25, -0.2) is 0 Å². The fraction of sp³-hybridized carbons (Fsp3) is 0.304. The summed E-state index contributed by atoms with van der Waals surface area (Å²) in [5.74, 6) is 0.628. The second-order valence-electron chi connectivity index (χ2n) is 7.44. The smallest absolute Gasteiger partial charge is 0.235 e. The Labute approximate surface area is 180 Å². The van der Waals surface area contributed by atoms with Crippen molar-refractivity contribution in [3.8, 4) is 5.75 Å². The van der Waals surface area contributed by atoms with Gasteiger partial charge in [-0.3, -0.25) is 9.78 Å². The number of methoxy groups -OCH3 is 1. The Morgan fingerprint density at radius 3 is 2.62 bits per heavy atom. The molecule has 0 atom stereocenters. The lowest BCUT2D eigenvalue weighted by atomic mass is 9.68. The number of nitrogens with zero attached hydrogens (tertiary/aromatic N) is 1. The molecule has 0 radical (unpaired) electrons. The zero-order chi connectivity index (χ0) is 20.4. The van der Waals surface area contributed by atoms with Gasteiger partial charge >= 0.3 is 0 Å². The van der Waals surface area contributed by atoms with Crippen molar-refractivity contribution in [3.05, 3.63) is 64.3 Å². The minimum atomic E-state index is -0.672. The summed E-state index contributed by atoms with van der Waals surface area (Å²) in [6.07, 6.45) is 6.32. The van der Waals surface area contributed by atoms with Gasteiger partial charge in [0.2, 0.25) is 5.91 Å². The van der Waals surface area contributed by atoms with Crippen molar-refractivity contribution in [3.63, 3.8) is 0 Å². The van der Waals surface area contributed by atoms with Crippen molar-refractivity contribution >= 4 is 45.7 Å². The predicted octanol–water partition coefficient (Wildman–Crippen LogP) is 6.39. The van der Waals surface area contributed by atoms with Gasteiger partial charge in [-0.2, -0.15) is 0 Å². The van der Waals surface area contributed by atoms with E-state index in [1.54, 1.807) is 25.4 Å². The number of hydrogen-bond donors (Lipinski definition) is 1. The summed E-state index contributed by atoms with van der Waals surface area (Å²) in [6, 6.07) is 12.9. The molecule has 1 aromatic heterocycles. The van der Waals surface area contributed by atoms with E-state index in [1.807, 2.05) is 30.3 Å². The number of pyridine rings is 1. The molecule has 1 fully saturated rings. The lowest BCUT2D eigenvalue weighted by Crippen LogP contribution is -2.42. The van der Waals surface area contributed by atoms with Gasteiger partial charge in [0.05, 0.1) is 18.2 Å².